The molecule has 25 heavy (non-hydrogen) atoms. The van der Waals surface area contributed by atoms with E-state index in [-0.39, 0.29) is 41.2 Å². The van der Waals surface area contributed by atoms with Crippen LogP contribution in [0.5, 0.6) is 0 Å². The summed E-state index contributed by atoms with van der Waals surface area (Å²) < 4.78 is 16.4. The number of hydrogen-bond donors (Lipinski definition) is 0. The van der Waals surface area contributed by atoms with E-state index in [2.05, 4.69) is 13.0 Å². The van der Waals surface area contributed by atoms with Crippen LogP contribution in [-0.2, 0) is 19.1 Å². The Kier molecular flexibility index (Phi) is 3.06. The fourth-order valence-corrected chi connectivity index (χ4v) is 5.46. The smallest absolute Gasteiger partial charge is 0.335 e. The Morgan fingerprint density at radius 3 is 2.96 bits per heavy atom. The maximum Gasteiger partial charge on any atom is 0.335 e. The Bertz CT molecular complexity index is 802. The zero-order chi connectivity index (χ0) is 17.2. The monoisotopic (exact) mass is 340 g/mol. The number of ether oxygens (including phenoxy) is 2. The summed E-state index contributed by atoms with van der Waals surface area (Å²) >= 11 is 0. The van der Waals surface area contributed by atoms with Gasteiger partial charge in [-0.2, -0.15) is 0 Å². The van der Waals surface area contributed by atoms with E-state index < -0.39 is 0 Å². The van der Waals surface area contributed by atoms with Crippen LogP contribution in [0.15, 0.2) is 46.3 Å². The van der Waals surface area contributed by atoms with Gasteiger partial charge in [0, 0.05) is 16.6 Å². The van der Waals surface area contributed by atoms with E-state index in [0.29, 0.717) is 13.0 Å². The Morgan fingerprint density at radius 1 is 1.28 bits per heavy atom. The first-order valence-corrected chi connectivity index (χ1v) is 8.91. The van der Waals surface area contributed by atoms with Gasteiger partial charge in [-0.05, 0) is 42.7 Å². The van der Waals surface area contributed by atoms with Crippen molar-refractivity contribution < 1.29 is 23.5 Å². The molecular weight excluding hydrogens is 320 g/mol. The molecule has 1 saturated heterocycles. The summed E-state index contributed by atoms with van der Waals surface area (Å²) in [7, 11) is 0. The number of furan rings is 1. The molecule has 0 bridgehead atoms. The molecule has 1 unspecified atom stereocenters. The lowest BCUT2D eigenvalue weighted by molar-refractivity contribution is -0.141. The van der Waals surface area contributed by atoms with Gasteiger partial charge >= 0.3 is 11.9 Å². The molecule has 5 rings (SSSR count). The molecule has 5 nitrogen and oxygen atoms in total. The maximum absolute atomic E-state index is 12.5. The lowest BCUT2D eigenvalue weighted by atomic mass is 9.58. The standard InChI is InChI=1S/C20H20O5/c1-11-14-3-2-4-15-19(22)24-10-20(14,15)7-5-13-16(11)17(25-18(13)21)12-6-8-23-9-12/h2,4,6,8-9,11,14-15,17H,3,5,7,10H2,1H3/t11-,14+,15+,17?,20+/m1/s1. The highest BCUT2D eigenvalue weighted by Gasteiger charge is 2.59. The fourth-order valence-electron chi connectivity index (χ4n) is 5.46. The molecule has 2 aliphatic carbocycles. The molecule has 0 aromatic carbocycles. The minimum absolute atomic E-state index is 0.121. The number of rotatable bonds is 1. The predicted octanol–water partition coefficient (Wildman–Crippen LogP) is 3.34. The first-order valence-electron chi connectivity index (χ1n) is 8.91. The first-order chi connectivity index (χ1) is 12.1. The van der Waals surface area contributed by atoms with E-state index in [9.17, 15) is 9.59 Å². The highest BCUT2D eigenvalue weighted by atomic mass is 16.6. The molecule has 1 aromatic heterocycles. The van der Waals surface area contributed by atoms with Gasteiger partial charge in [0.25, 0.3) is 0 Å². The van der Waals surface area contributed by atoms with Crippen molar-refractivity contribution in [2.24, 2.45) is 23.2 Å². The summed E-state index contributed by atoms with van der Waals surface area (Å²) in [5.74, 6) is -0.115. The lowest BCUT2D eigenvalue weighted by Gasteiger charge is -2.43. The van der Waals surface area contributed by atoms with Crippen molar-refractivity contribution in [2.45, 2.75) is 32.3 Å². The number of cyclic esters (lactones) is 2. The maximum atomic E-state index is 12.5. The number of esters is 2. The largest absolute Gasteiger partial charge is 0.472 e. The van der Waals surface area contributed by atoms with Crippen molar-refractivity contribution in [1.82, 2.24) is 0 Å². The number of carbonyl (C=O) groups is 2. The molecule has 1 aromatic rings. The van der Waals surface area contributed by atoms with Gasteiger partial charge in [0.15, 0.2) is 6.10 Å². The first kappa shape index (κ1) is 15.0. The summed E-state index contributed by atoms with van der Waals surface area (Å²) in [5, 5.41) is 0. The Hall–Kier alpha value is -2.30. The predicted molar refractivity (Wildman–Crippen MR) is 87.1 cm³/mol. The molecule has 130 valence electrons. The van der Waals surface area contributed by atoms with Crippen molar-refractivity contribution >= 4 is 11.9 Å². The van der Waals surface area contributed by atoms with Crippen LogP contribution in [0.1, 0.15) is 37.9 Å². The van der Waals surface area contributed by atoms with Gasteiger partial charge in [-0.15, -0.1) is 0 Å². The summed E-state index contributed by atoms with van der Waals surface area (Å²) in [5.41, 5.74) is 2.54. The zero-order valence-electron chi connectivity index (χ0n) is 14.1. The van der Waals surface area contributed by atoms with Crippen LogP contribution >= 0.6 is 0 Å². The van der Waals surface area contributed by atoms with Crippen LogP contribution in [0, 0.1) is 23.2 Å². The number of carbonyl (C=O) groups excluding carboxylic acids is 2. The van der Waals surface area contributed by atoms with Gasteiger partial charge in [0.05, 0.1) is 25.1 Å². The second-order valence-electron chi connectivity index (χ2n) is 7.65. The van der Waals surface area contributed by atoms with E-state index in [1.54, 1.807) is 12.5 Å². The number of hydrogen-bond acceptors (Lipinski definition) is 5. The van der Waals surface area contributed by atoms with Crippen molar-refractivity contribution in [3.63, 3.8) is 0 Å². The Morgan fingerprint density at radius 2 is 2.16 bits per heavy atom. The third-order valence-electron chi connectivity index (χ3n) is 6.70. The second kappa shape index (κ2) is 5.10. The molecule has 1 spiro atoms. The van der Waals surface area contributed by atoms with Crippen LogP contribution < -0.4 is 0 Å². The number of allylic oxidation sites excluding steroid dienone is 1. The average Bonchev–Trinajstić information content (AvgIpc) is 3.29. The Labute approximate surface area is 145 Å². The van der Waals surface area contributed by atoms with Crippen molar-refractivity contribution in [1.29, 1.82) is 0 Å². The van der Waals surface area contributed by atoms with E-state index in [1.807, 2.05) is 12.1 Å². The van der Waals surface area contributed by atoms with Crippen LogP contribution in [0.2, 0.25) is 0 Å². The van der Waals surface area contributed by atoms with Gasteiger partial charge in [-0.3, -0.25) is 4.79 Å². The van der Waals surface area contributed by atoms with Gasteiger partial charge in [-0.1, -0.05) is 19.1 Å². The summed E-state index contributed by atoms with van der Waals surface area (Å²) in [6.07, 6.45) is 9.33. The minimum Gasteiger partial charge on any atom is -0.472 e. The normalized spacial score (nSPS) is 39.4. The lowest BCUT2D eigenvalue weighted by Crippen LogP contribution is -2.42. The molecule has 1 fully saturated rings. The van der Waals surface area contributed by atoms with Crippen LogP contribution in [0.25, 0.3) is 0 Å². The molecule has 4 aliphatic rings. The van der Waals surface area contributed by atoms with Gasteiger partial charge in [-0.25, -0.2) is 4.79 Å². The molecular formula is C20H20O5. The van der Waals surface area contributed by atoms with Crippen LogP contribution in [-0.4, -0.2) is 18.5 Å². The molecule has 2 aliphatic heterocycles. The molecule has 0 amide bonds. The highest BCUT2D eigenvalue weighted by Crippen LogP contribution is 2.59. The average molecular weight is 340 g/mol. The van der Waals surface area contributed by atoms with E-state index in [1.165, 1.54) is 0 Å². The van der Waals surface area contributed by atoms with E-state index in [4.69, 9.17) is 13.9 Å². The fraction of sp³-hybridized carbons (Fsp3) is 0.500. The van der Waals surface area contributed by atoms with Gasteiger partial charge in [0.1, 0.15) is 0 Å². The third-order valence-corrected chi connectivity index (χ3v) is 6.70. The molecule has 0 radical (unpaired) electrons. The molecule has 5 heteroatoms. The molecule has 5 atom stereocenters. The van der Waals surface area contributed by atoms with Crippen LogP contribution in [0.3, 0.4) is 0 Å². The molecule has 0 saturated carbocycles. The molecule has 3 heterocycles. The van der Waals surface area contributed by atoms with E-state index >= 15 is 0 Å². The summed E-state index contributed by atoms with van der Waals surface area (Å²) in [6.45, 7) is 2.63. The van der Waals surface area contributed by atoms with Crippen molar-refractivity contribution in [3.05, 3.63) is 47.5 Å². The third kappa shape index (κ3) is 1.89. The second-order valence-corrected chi connectivity index (χ2v) is 7.65. The quantitative estimate of drug-likeness (QED) is 0.579. The van der Waals surface area contributed by atoms with Crippen molar-refractivity contribution in [2.75, 3.05) is 6.61 Å². The van der Waals surface area contributed by atoms with Gasteiger partial charge < -0.3 is 13.9 Å². The van der Waals surface area contributed by atoms with Gasteiger partial charge in [0.2, 0.25) is 0 Å². The SMILES string of the molecule is C[C@H]1C2=C(CC[C@@]34COC(=O)[C@@H]3C=CC[C@@H]14)C(=O)OC2c1ccoc1. The van der Waals surface area contributed by atoms with E-state index in [0.717, 1.165) is 29.6 Å². The summed E-state index contributed by atoms with van der Waals surface area (Å²) in [4.78, 5) is 24.8. The van der Waals surface area contributed by atoms with Crippen molar-refractivity contribution in [3.8, 4) is 0 Å². The summed E-state index contributed by atoms with van der Waals surface area (Å²) in [6, 6.07) is 1.85. The highest BCUT2D eigenvalue weighted by molar-refractivity contribution is 5.93. The van der Waals surface area contributed by atoms with Crippen LogP contribution in [0.4, 0.5) is 0 Å². The Balaban J connectivity index is 1.60. The minimum atomic E-state index is -0.367. The zero-order valence-corrected chi connectivity index (χ0v) is 14.1. The topological polar surface area (TPSA) is 65.7 Å². The molecule has 0 N–H and O–H groups in total.